The highest BCUT2D eigenvalue weighted by Gasteiger charge is 2.19. The molecule has 0 atom stereocenters. The van der Waals surface area contributed by atoms with Crippen molar-refractivity contribution in [3.05, 3.63) is 23.5 Å². The summed E-state index contributed by atoms with van der Waals surface area (Å²) in [6.45, 7) is 6.92. The maximum absolute atomic E-state index is 11.8. The van der Waals surface area contributed by atoms with E-state index in [0.717, 1.165) is 6.42 Å². The molecule has 0 unspecified atom stereocenters. The van der Waals surface area contributed by atoms with Crippen LogP contribution in [-0.2, 0) is 22.5 Å². The second-order valence-corrected chi connectivity index (χ2v) is 4.84. The Bertz CT molecular complexity index is 448. The Hall–Kier alpha value is -1.78. The number of carboxylic acid groups (broad SMARTS) is 1. The molecule has 0 spiro atoms. The first kappa shape index (κ1) is 15.3. The lowest BCUT2D eigenvalue weighted by molar-refractivity contribution is -0.136. The Morgan fingerprint density at radius 2 is 2.11 bits per heavy atom. The van der Waals surface area contributed by atoms with Crippen LogP contribution >= 0.6 is 0 Å². The molecule has 1 aromatic rings. The van der Waals surface area contributed by atoms with Crippen LogP contribution in [0.5, 0.6) is 0 Å². The highest BCUT2D eigenvalue weighted by Crippen LogP contribution is 2.16. The van der Waals surface area contributed by atoms with Gasteiger partial charge < -0.3 is 14.4 Å². The molecule has 0 bridgehead atoms. The molecule has 0 amide bonds. The van der Waals surface area contributed by atoms with Gasteiger partial charge in [0.2, 0.25) is 0 Å². The standard InChI is InChI=1S/C14H21NO4/c1-4-19-14(18)11-6-8-15(7-5-10(2)3)12(11)9-13(16)17/h6,8,10H,4-5,7,9H2,1-3H3,(H,16,17). The van der Waals surface area contributed by atoms with E-state index in [-0.39, 0.29) is 13.0 Å². The Labute approximate surface area is 113 Å². The molecule has 0 aliphatic rings. The first-order valence-corrected chi connectivity index (χ1v) is 6.52. The van der Waals surface area contributed by atoms with Crippen LogP contribution in [0.2, 0.25) is 0 Å². The molecule has 5 heteroatoms. The lowest BCUT2D eigenvalue weighted by atomic mass is 10.1. The Morgan fingerprint density at radius 1 is 1.42 bits per heavy atom. The number of hydrogen-bond acceptors (Lipinski definition) is 3. The van der Waals surface area contributed by atoms with Crippen LogP contribution in [0.3, 0.4) is 0 Å². The third kappa shape index (κ3) is 4.43. The summed E-state index contributed by atoms with van der Waals surface area (Å²) in [6, 6.07) is 1.64. The normalized spacial score (nSPS) is 10.7. The van der Waals surface area contributed by atoms with E-state index >= 15 is 0 Å². The number of ether oxygens (including phenoxy) is 1. The first-order chi connectivity index (χ1) is 8.95. The van der Waals surface area contributed by atoms with Crippen molar-refractivity contribution in [3.8, 4) is 0 Å². The molecule has 0 saturated carbocycles. The zero-order valence-corrected chi connectivity index (χ0v) is 11.7. The van der Waals surface area contributed by atoms with Crippen molar-refractivity contribution in [3.63, 3.8) is 0 Å². The maximum Gasteiger partial charge on any atom is 0.339 e. The van der Waals surface area contributed by atoms with Gasteiger partial charge in [0.15, 0.2) is 0 Å². The summed E-state index contributed by atoms with van der Waals surface area (Å²) in [6.07, 6.45) is 2.52. The number of esters is 1. The van der Waals surface area contributed by atoms with Crippen molar-refractivity contribution >= 4 is 11.9 Å². The predicted molar refractivity (Wildman–Crippen MR) is 71.2 cm³/mol. The molecule has 1 heterocycles. The van der Waals surface area contributed by atoms with E-state index in [9.17, 15) is 9.59 Å². The number of hydrogen-bond donors (Lipinski definition) is 1. The molecular weight excluding hydrogens is 246 g/mol. The van der Waals surface area contributed by atoms with Gasteiger partial charge in [-0.25, -0.2) is 4.79 Å². The number of carbonyl (C=O) groups is 2. The van der Waals surface area contributed by atoms with Crippen LogP contribution in [0.1, 0.15) is 43.2 Å². The lowest BCUT2D eigenvalue weighted by Crippen LogP contribution is -2.14. The molecule has 1 aromatic heterocycles. The SMILES string of the molecule is CCOC(=O)c1ccn(CCC(C)C)c1CC(=O)O. The second-order valence-electron chi connectivity index (χ2n) is 4.84. The second kappa shape index (κ2) is 6.97. The van der Waals surface area contributed by atoms with Gasteiger partial charge in [0.1, 0.15) is 0 Å². The summed E-state index contributed by atoms with van der Waals surface area (Å²) < 4.78 is 6.78. The van der Waals surface area contributed by atoms with Gasteiger partial charge in [0.05, 0.1) is 18.6 Å². The number of aliphatic carboxylic acids is 1. The highest BCUT2D eigenvalue weighted by molar-refractivity contribution is 5.92. The van der Waals surface area contributed by atoms with Crippen molar-refractivity contribution < 1.29 is 19.4 Å². The number of carbonyl (C=O) groups excluding carboxylic acids is 1. The lowest BCUT2D eigenvalue weighted by Gasteiger charge is -2.11. The molecule has 0 aliphatic heterocycles. The van der Waals surface area contributed by atoms with Crippen LogP contribution in [0.25, 0.3) is 0 Å². The summed E-state index contributed by atoms with van der Waals surface area (Å²) in [5.41, 5.74) is 0.875. The number of carboxylic acids is 1. The van der Waals surface area contributed by atoms with Crippen molar-refractivity contribution in [1.29, 1.82) is 0 Å². The molecule has 1 N–H and O–H groups in total. The third-order valence-corrected chi connectivity index (χ3v) is 2.84. The fourth-order valence-corrected chi connectivity index (χ4v) is 1.85. The molecule has 0 saturated heterocycles. The third-order valence-electron chi connectivity index (χ3n) is 2.84. The molecule has 0 aromatic carbocycles. The topological polar surface area (TPSA) is 68.5 Å². The number of nitrogens with zero attached hydrogens (tertiary/aromatic N) is 1. The van der Waals surface area contributed by atoms with Crippen molar-refractivity contribution in [1.82, 2.24) is 4.57 Å². The minimum absolute atomic E-state index is 0.167. The predicted octanol–water partition coefficient (Wildman–Crippen LogP) is 2.34. The van der Waals surface area contributed by atoms with Crippen LogP contribution < -0.4 is 0 Å². The Balaban J connectivity index is 2.97. The minimum atomic E-state index is -0.949. The summed E-state index contributed by atoms with van der Waals surface area (Å²) in [7, 11) is 0. The zero-order chi connectivity index (χ0) is 14.4. The van der Waals surface area contributed by atoms with Gasteiger partial charge in [-0.1, -0.05) is 13.8 Å². The monoisotopic (exact) mass is 267 g/mol. The average molecular weight is 267 g/mol. The van der Waals surface area contributed by atoms with Crippen molar-refractivity contribution in [2.45, 2.75) is 40.2 Å². The van der Waals surface area contributed by atoms with Crippen LogP contribution in [-0.4, -0.2) is 28.2 Å². The zero-order valence-electron chi connectivity index (χ0n) is 11.7. The van der Waals surface area contributed by atoms with E-state index in [1.54, 1.807) is 19.2 Å². The van der Waals surface area contributed by atoms with Gasteiger partial charge in [0.25, 0.3) is 0 Å². The fourth-order valence-electron chi connectivity index (χ4n) is 1.85. The summed E-state index contributed by atoms with van der Waals surface area (Å²) >= 11 is 0. The average Bonchev–Trinajstić information content (AvgIpc) is 2.69. The fraction of sp³-hybridized carbons (Fsp3) is 0.571. The highest BCUT2D eigenvalue weighted by atomic mass is 16.5. The molecule has 0 aliphatic carbocycles. The van der Waals surface area contributed by atoms with E-state index < -0.39 is 11.9 Å². The van der Waals surface area contributed by atoms with Gasteiger partial charge in [-0.2, -0.15) is 0 Å². The molecular formula is C14H21NO4. The first-order valence-electron chi connectivity index (χ1n) is 6.52. The van der Waals surface area contributed by atoms with Gasteiger partial charge in [0, 0.05) is 18.4 Å². The van der Waals surface area contributed by atoms with E-state index in [4.69, 9.17) is 9.84 Å². The van der Waals surface area contributed by atoms with Gasteiger partial charge in [-0.15, -0.1) is 0 Å². The van der Waals surface area contributed by atoms with Gasteiger partial charge in [-0.05, 0) is 25.3 Å². The van der Waals surface area contributed by atoms with E-state index in [1.165, 1.54) is 0 Å². The largest absolute Gasteiger partial charge is 0.481 e. The van der Waals surface area contributed by atoms with E-state index in [2.05, 4.69) is 13.8 Å². The summed E-state index contributed by atoms with van der Waals surface area (Å²) in [5.74, 6) is -0.886. The molecule has 0 radical (unpaired) electrons. The Morgan fingerprint density at radius 3 is 2.63 bits per heavy atom. The minimum Gasteiger partial charge on any atom is -0.481 e. The molecule has 1 rings (SSSR count). The Kier molecular flexibility index (Phi) is 5.60. The van der Waals surface area contributed by atoms with Gasteiger partial charge >= 0.3 is 11.9 Å². The quantitative estimate of drug-likeness (QED) is 0.770. The molecule has 5 nitrogen and oxygen atoms in total. The van der Waals surface area contributed by atoms with Gasteiger partial charge in [-0.3, -0.25) is 4.79 Å². The van der Waals surface area contributed by atoms with Crippen LogP contribution in [0.15, 0.2) is 12.3 Å². The van der Waals surface area contributed by atoms with Crippen LogP contribution in [0, 0.1) is 5.92 Å². The number of aryl methyl sites for hydroxylation is 1. The summed E-state index contributed by atoms with van der Waals surface area (Å²) in [5, 5.41) is 8.96. The van der Waals surface area contributed by atoms with E-state index in [0.29, 0.717) is 23.7 Å². The number of rotatable bonds is 7. The van der Waals surface area contributed by atoms with Crippen LogP contribution in [0.4, 0.5) is 0 Å². The summed E-state index contributed by atoms with van der Waals surface area (Å²) in [4.78, 5) is 22.7. The smallest absolute Gasteiger partial charge is 0.339 e. The van der Waals surface area contributed by atoms with E-state index in [1.807, 2.05) is 4.57 Å². The van der Waals surface area contributed by atoms with Crippen molar-refractivity contribution in [2.24, 2.45) is 5.92 Å². The molecule has 0 fully saturated rings. The molecule has 19 heavy (non-hydrogen) atoms. The molecule has 106 valence electrons. The maximum atomic E-state index is 11.8. The number of aromatic nitrogens is 1. The van der Waals surface area contributed by atoms with Crippen molar-refractivity contribution in [2.75, 3.05) is 6.61 Å².